The van der Waals surface area contributed by atoms with Gasteiger partial charge in [-0.2, -0.15) is 0 Å². The second-order valence-corrected chi connectivity index (χ2v) is 21.5. The van der Waals surface area contributed by atoms with Crippen molar-refractivity contribution in [3.8, 4) is 11.3 Å². The Morgan fingerprint density at radius 3 is 2.16 bits per heavy atom. The maximum absolute atomic E-state index is 15.7. The number of halogens is 1. The minimum absolute atomic E-state index is 0.0317. The predicted octanol–water partition coefficient (Wildman–Crippen LogP) is 7.53. The fourth-order valence-corrected chi connectivity index (χ4v) is 7.01. The number of carbonyl (C=O) groups excluding carboxylic acids is 3. The molecule has 0 radical (unpaired) electrons. The van der Waals surface area contributed by atoms with Crippen LogP contribution in [0.4, 0.5) is 18.8 Å². The Bertz CT molecular complexity index is 1500. The Morgan fingerprint density at radius 2 is 1.64 bits per heavy atom. The molecule has 2 aliphatic rings. The largest absolute Gasteiger partial charge is 0.444 e. The van der Waals surface area contributed by atoms with Crippen LogP contribution in [0.2, 0.25) is 18.1 Å². The summed E-state index contributed by atoms with van der Waals surface area (Å²) in [5.41, 5.74) is -0.565. The lowest BCUT2D eigenvalue weighted by Gasteiger charge is -2.41. The number of nitrogens with zero attached hydrogens (tertiary/aromatic N) is 3. The fraction of sp³-hybridized carbons (Fsp3) is 0.667. The summed E-state index contributed by atoms with van der Waals surface area (Å²) >= 11 is 0. The Hall–Kier alpha value is -3.65. The summed E-state index contributed by atoms with van der Waals surface area (Å²) in [6, 6.07) is 3.85. The quantitative estimate of drug-likeness (QED) is 0.206. The van der Waals surface area contributed by atoms with Gasteiger partial charge in [-0.1, -0.05) is 32.9 Å². The zero-order valence-corrected chi connectivity index (χ0v) is 32.4. The molecular formula is C36H55FN4O8Si. The van der Waals surface area contributed by atoms with E-state index < -0.39 is 55.8 Å². The van der Waals surface area contributed by atoms with Crippen molar-refractivity contribution >= 4 is 26.6 Å². The molecule has 3 heterocycles. The van der Waals surface area contributed by atoms with Gasteiger partial charge in [0.2, 0.25) is 0 Å². The number of ether oxygens (including phenoxy) is 3. The molecule has 0 unspecified atom stereocenters. The van der Waals surface area contributed by atoms with Crippen LogP contribution >= 0.6 is 0 Å². The number of carbonyl (C=O) groups is 3. The zero-order valence-electron chi connectivity index (χ0n) is 31.4. The van der Waals surface area contributed by atoms with Crippen molar-refractivity contribution in [2.45, 2.75) is 135 Å². The van der Waals surface area contributed by atoms with Crippen molar-refractivity contribution in [1.29, 1.82) is 0 Å². The summed E-state index contributed by atoms with van der Waals surface area (Å²) in [5, 5.41) is 2.64. The first kappa shape index (κ1) is 39.1. The highest BCUT2D eigenvalue weighted by molar-refractivity contribution is 6.74. The lowest BCUT2D eigenvalue weighted by molar-refractivity contribution is -0.00719. The van der Waals surface area contributed by atoms with Gasteiger partial charge in [0.1, 0.15) is 23.1 Å². The van der Waals surface area contributed by atoms with Crippen LogP contribution in [-0.4, -0.2) is 96.5 Å². The fourth-order valence-electron chi connectivity index (χ4n) is 5.69. The highest BCUT2D eigenvalue weighted by atomic mass is 28.4. The number of nitrogens with one attached hydrogen (secondary N) is 1. The van der Waals surface area contributed by atoms with Crippen molar-refractivity contribution in [2.24, 2.45) is 0 Å². The molecule has 278 valence electrons. The average Bonchev–Trinajstić information content (AvgIpc) is 3.58. The summed E-state index contributed by atoms with van der Waals surface area (Å²) < 4.78 is 45.3. The van der Waals surface area contributed by atoms with Crippen LogP contribution in [-0.2, 0) is 25.1 Å². The van der Waals surface area contributed by atoms with Crippen LogP contribution in [0.1, 0.15) is 80.7 Å². The van der Waals surface area contributed by atoms with Gasteiger partial charge in [-0.3, -0.25) is 4.90 Å². The van der Waals surface area contributed by atoms with Crippen molar-refractivity contribution in [3.05, 3.63) is 42.2 Å². The Kier molecular flexibility index (Phi) is 11.7. The van der Waals surface area contributed by atoms with E-state index in [0.29, 0.717) is 29.9 Å². The van der Waals surface area contributed by atoms with E-state index in [0.717, 1.165) is 6.42 Å². The summed E-state index contributed by atoms with van der Waals surface area (Å²) in [6.45, 7) is 22.2. The molecule has 12 nitrogen and oxygen atoms in total. The van der Waals surface area contributed by atoms with Crippen molar-refractivity contribution in [1.82, 2.24) is 20.1 Å². The number of amides is 3. The van der Waals surface area contributed by atoms with E-state index in [9.17, 15) is 14.4 Å². The molecule has 0 bridgehead atoms. The van der Waals surface area contributed by atoms with Crippen molar-refractivity contribution < 1.29 is 41.8 Å². The van der Waals surface area contributed by atoms with E-state index in [4.69, 9.17) is 23.1 Å². The van der Waals surface area contributed by atoms with Crippen LogP contribution in [0.5, 0.6) is 0 Å². The van der Waals surface area contributed by atoms with Gasteiger partial charge in [0.15, 0.2) is 26.6 Å². The lowest BCUT2D eigenvalue weighted by atomic mass is 9.99. The zero-order chi connectivity index (χ0) is 37.2. The van der Waals surface area contributed by atoms with E-state index >= 15 is 4.39 Å². The molecule has 0 saturated carbocycles. The third kappa shape index (κ3) is 9.99. The molecule has 50 heavy (non-hydrogen) atoms. The van der Waals surface area contributed by atoms with Gasteiger partial charge in [-0.25, -0.2) is 23.8 Å². The van der Waals surface area contributed by atoms with Crippen LogP contribution in [0.15, 0.2) is 35.2 Å². The summed E-state index contributed by atoms with van der Waals surface area (Å²) in [5.74, 6) is -0.0847. The molecule has 14 heteroatoms. The third-order valence-electron chi connectivity index (χ3n) is 9.36. The number of alkyl carbamates (subject to hydrolysis) is 1. The van der Waals surface area contributed by atoms with E-state index in [1.54, 1.807) is 37.8 Å². The molecule has 0 spiro atoms. The van der Waals surface area contributed by atoms with Crippen molar-refractivity contribution in [2.75, 3.05) is 19.6 Å². The highest BCUT2D eigenvalue weighted by Crippen LogP contribution is 2.40. The molecule has 2 aliphatic heterocycles. The van der Waals surface area contributed by atoms with Gasteiger partial charge in [0.25, 0.3) is 0 Å². The molecule has 1 aromatic heterocycles. The molecule has 1 aromatic carbocycles. The average molecular weight is 719 g/mol. The van der Waals surface area contributed by atoms with Crippen LogP contribution in [0.25, 0.3) is 11.3 Å². The molecule has 3 amide bonds. The summed E-state index contributed by atoms with van der Waals surface area (Å²) in [4.78, 5) is 46.8. The molecule has 2 aromatic rings. The molecule has 2 saturated heterocycles. The third-order valence-corrected chi connectivity index (χ3v) is 13.9. The van der Waals surface area contributed by atoms with E-state index in [-0.39, 0.29) is 36.7 Å². The van der Waals surface area contributed by atoms with Gasteiger partial charge in [0, 0.05) is 24.7 Å². The lowest BCUT2D eigenvalue weighted by Crippen LogP contribution is -2.53. The minimum Gasteiger partial charge on any atom is -0.444 e. The summed E-state index contributed by atoms with van der Waals surface area (Å²) in [6.07, 6.45) is 0.814. The normalized spacial score (nSPS) is 21.4. The second kappa shape index (κ2) is 14.9. The second-order valence-electron chi connectivity index (χ2n) is 16.7. The van der Waals surface area contributed by atoms with E-state index in [2.05, 4.69) is 44.2 Å². The first-order valence-corrected chi connectivity index (χ1v) is 20.2. The molecule has 4 rings (SSSR count). The molecule has 2 fully saturated rings. The van der Waals surface area contributed by atoms with Crippen LogP contribution in [0, 0.1) is 5.82 Å². The molecule has 1 N–H and O–H groups in total. The van der Waals surface area contributed by atoms with E-state index in [1.807, 2.05) is 20.8 Å². The van der Waals surface area contributed by atoms with Crippen molar-refractivity contribution in [3.63, 3.8) is 0 Å². The summed E-state index contributed by atoms with van der Waals surface area (Å²) in [7, 11) is -2.45. The smallest absolute Gasteiger partial charge is 0.410 e. The first-order chi connectivity index (χ1) is 23.0. The maximum atomic E-state index is 15.7. The van der Waals surface area contributed by atoms with Gasteiger partial charge < -0.3 is 33.3 Å². The van der Waals surface area contributed by atoms with Gasteiger partial charge in [0.05, 0.1) is 18.8 Å². The SMILES string of the molecule is CC(C)(C)OC(=O)N1CC[C@@H]1CCNC(=O)O[C@@H]1[C@@H](O[Si](C)(C)C(C)(C)C)CN(C(=O)OC(C)(C)C)[C@@H]1Cc1ccc(-c2cnco2)cc1F. The standard InChI is InChI=1S/C36H55FN4O8Si/c1-34(2,3)47-32(43)40-17-15-25(40)14-16-39-31(42)46-30-27(19-23-12-13-24(18-26(23)37)28-20-38-22-45-28)41(33(44)48-35(4,5)6)21-29(30)49-50(10,11)36(7,8)9/h12-13,18,20,22,25,27,29-30H,14-17,19,21H2,1-11H3,(H,39,42)/t25-,27+,29-,30-/m0/s1. The monoisotopic (exact) mass is 718 g/mol. The van der Waals surface area contributed by atoms with Gasteiger partial charge in [-0.05, 0) is 90.6 Å². The first-order valence-electron chi connectivity index (χ1n) is 17.3. The Morgan fingerprint density at radius 1 is 1.00 bits per heavy atom. The number of likely N-dealkylation sites (tertiary alicyclic amines) is 2. The minimum atomic E-state index is -2.45. The predicted molar refractivity (Wildman–Crippen MR) is 189 cm³/mol. The van der Waals surface area contributed by atoms with Crippen LogP contribution in [0.3, 0.4) is 0 Å². The molecule has 4 atom stereocenters. The molecule has 0 aliphatic carbocycles. The number of benzene rings is 1. The number of hydrogen-bond acceptors (Lipinski definition) is 9. The van der Waals surface area contributed by atoms with Gasteiger partial charge >= 0.3 is 18.3 Å². The Labute approximate surface area is 296 Å². The maximum Gasteiger partial charge on any atom is 0.410 e. The number of oxazole rings is 1. The highest BCUT2D eigenvalue weighted by Gasteiger charge is 2.52. The number of rotatable bonds is 9. The Balaban J connectivity index is 1.57. The number of hydrogen-bond donors (Lipinski definition) is 1. The number of aromatic nitrogens is 1. The van der Waals surface area contributed by atoms with Gasteiger partial charge in [-0.15, -0.1) is 0 Å². The van der Waals surface area contributed by atoms with E-state index in [1.165, 1.54) is 23.6 Å². The van der Waals surface area contributed by atoms with Crippen LogP contribution < -0.4 is 5.32 Å². The topological polar surface area (TPSA) is 133 Å². The molecular weight excluding hydrogens is 664 g/mol.